The van der Waals surface area contributed by atoms with Crippen LogP contribution >= 0.6 is 46.4 Å². The zero-order chi connectivity index (χ0) is 42.7. The van der Waals surface area contributed by atoms with E-state index in [1.165, 1.54) is 19.2 Å². The summed E-state index contributed by atoms with van der Waals surface area (Å²) in [6.45, 7) is 14.4. The number of hydrogen-bond acceptors (Lipinski definition) is 16. The number of piperazine rings is 1. The van der Waals surface area contributed by atoms with Crippen LogP contribution in [0.25, 0.3) is 0 Å². The van der Waals surface area contributed by atoms with Crippen LogP contribution in [0.15, 0.2) is 78.7 Å². The molecule has 7 heterocycles. The van der Waals surface area contributed by atoms with Crippen molar-refractivity contribution in [3.05, 3.63) is 50.1 Å². The van der Waals surface area contributed by atoms with Crippen LogP contribution in [0.5, 0.6) is 5.75 Å². The van der Waals surface area contributed by atoms with Crippen LogP contribution in [0.4, 0.5) is 14.5 Å². The lowest BCUT2D eigenvalue weighted by Crippen LogP contribution is -2.50. The van der Waals surface area contributed by atoms with Crippen LogP contribution < -0.4 is 15.0 Å². The second kappa shape index (κ2) is 21.4. The number of aliphatic imine (C=N–C) groups is 5. The van der Waals surface area contributed by atoms with Crippen molar-refractivity contribution in [3.8, 4) is 5.75 Å². The molecule has 6 unspecified atom stereocenters. The maximum absolute atomic E-state index is 14.6. The Balaban J connectivity index is 0.000000217. The maximum atomic E-state index is 14.6. The van der Waals surface area contributed by atoms with Crippen LogP contribution in [0.2, 0.25) is 0 Å². The van der Waals surface area contributed by atoms with Crippen LogP contribution in [0, 0.1) is 29.4 Å². The third-order valence-electron chi connectivity index (χ3n) is 8.98. The predicted octanol–water partition coefficient (Wildman–Crippen LogP) is 4.29. The Labute approximate surface area is 355 Å². The standard InChI is InChI=1S/C19H23ClF2N6O2.C6H6Cl2N4.C6H7ClN4O.2C2H4/c1-26-18-13(11-23-26)17(20)24-19(25-18)28-5-3-27(4-6-28)16-14(21)9-12(10-15(16)22)30-8-7-29-2;1-12-5-3(2-9-12)4(7)10-6(8)11-5;1-11-4-3(2-8-11)5(12)10-6(7)9-4;2*1-2/h9-11,13,18H,3-8H2,1-2H3;2-3,5H,1H3;2-4H,1H3,(H,9,10,12);2*1-2H2. The lowest BCUT2D eigenvalue weighted by atomic mass is 10.1. The lowest BCUT2D eigenvalue weighted by molar-refractivity contribution is -0.123. The van der Waals surface area contributed by atoms with E-state index in [0.29, 0.717) is 49.1 Å². The molecule has 6 atom stereocenters. The van der Waals surface area contributed by atoms with Crippen molar-refractivity contribution in [3.63, 3.8) is 0 Å². The van der Waals surface area contributed by atoms with Crippen LogP contribution in [0.1, 0.15) is 0 Å². The molecule has 1 saturated heterocycles. The number of benzene rings is 1. The van der Waals surface area contributed by atoms with Gasteiger partial charge in [-0.05, 0) is 23.2 Å². The summed E-state index contributed by atoms with van der Waals surface area (Å²) in [5, 5.41) is 20.9. The van der Waals surface area contributed by atoms with Gasteiger partial charge in [-0.25, -0.2) is 33.7 Å². The van der Waals surface area contributed by atoms with Crippen molar-refractivity contribution in [1.82, 2.24) is 25.2 Å². The highest BCUT2D eigenvalue weighted by atomic mass is 35.5. The molecule has 1 aromatic rings. The molecule has 8 rings (SSSR count). The van der Waals surface area contributed by atoms with Crippen LogP contribution in [0.3, 0.4) is 0 Å². The van der Waals surface area contributed by atoms with Gasteiger partial charge in [-0.2, -0.15) is 15.3 Å². The SMILES string of the molecule is C=C.C=C.CN1N=CC2C(=O)NC(Cl)=NC21.CN1N=CC2C(Cl)=NC(Cl)=NC21.COCCOc1cc(F)c(N2CCN(C3=NC4C(C=NN4C)C(Cl)=N3)CC2)c(F)c1. The molecule has 0 aromatic heterocycles. The molecule has 58 heavy (non-hydrogen) atoms. The van der Waals surface area contributed by atoms with Gasteiger partial charge in [0.05, 0.1) is 18.4 Å². The third-order valence-corrected chi connectivity index (χ3v) is 10.0. The molecule has 23 heteroatoms. The minimum absolute atomic E-state index is 0.0285. The number of amidine groups is 2. The zero-order valence-electron chi connectivity index (χ0n) is 32.2. The molecule has 314 valence electrons. The number of nitrogens with zero attached hydrogens (tertiary/aromatic N) is 13. The smallest absolute Gasteiger partial charge is 0.238 e. The number of anilines is 1. The van der Waals surface area contributed by atoms with E-state index in [0.717, 1.165) is 0 Å². The van der Waals surface area contributed by atoms with Crippen LogP contribution in [-0.2, 0) is 9.53 Å². The van der Waals surface area contributed by atoms with Gasteiger partial charge < -0.3 is 24.6 Å². The Morgan fingerprint density at radius 2 is 1.21 bits per heavy atom. The first-order valence-corrected chi connectivity index (χ1v) is 19.1. The Bertz CT molecular complexity index is 1860. The molecule has 0 radical (unpaired) electrons. The monoisotopic (exact) mass is 886 g/mol. The molecule has 1 amide bonds. The van der Waals surface area contributed by atoms with Gasteiger partial charge in [0.25, 0.3) is 0 Å². The number of amides is 1. The van der Waals surface area contributed by atoms with Gasteiger partial charge in [0.2, 0.25) is 17.2 Å². The number of hydrogen-bond donors (Lipinski definition) is 1. The summed E-state index contributed by atoms with van der Waals surface area (Å²) in [6, 6.07) is 2.40. The number of carbonyl (C=O) groups is 1. The number of halogens is 6. The topological polar surface area (TPSA) is 163 Å². The Hall–Kier alpha value is -4.69. The van der Waals surface area contributed by atoms with Gasteiger partial charge in [0.1, 0.15) is 34.3 Å². The molecule has 7 aliphatic heterocycles. The minimum Gasteiger partial charge on any atom is -0.491 e. The van der Waals surface area contributed by atoms with Crippen molar-refractivity contribution >= 4 is 104 Å². The second-order valence-corrected chi connectivity index (χ2v) is 14.0. The molecule has 1 fully saturated rings. The molecule has 0 spiro atoms. The molecule has 0 saturated carbocycles. The number of methoxy groups -OCH3 is 1. The number of rotatable bonds is 5. The minimum atomic E-state index is -0.653. The fraction of sp³-hybridized carbons (Fsp3) is 0.457. The first-order valence-electron chi connectivity index (χ1n) is 17.6. The van der Waals surface area contributed by atoms with Crippen LogP contribution in [-0.4, -0.2) is 158 Å². The zero-order valence-corrected chi connectivity index (χ0v) is 35.3. The van der Waals surface area contributed by atoms with Gasteiger partial charge >= 0.3 is 0 Å². The number of nitrogens with one attached hydrogen (secondary N) is 1. The molecular formula is C35H44Cl4F2N14O3. The van der Waals surface area contributed by atoms with Crippen molar-refractivity contribution < 1.29 is 23.0 Å². The first-order chi connectivity index (χ1) is 27.8. The number of guanidine groups is 1. The summed E-state index contributed by atoms with van der Waals surface area (Å²) in [4.78, 5) is 35.9. The summed E-state index contributed by atoms with van der Waals surface area (Å²) < 4.78 is 39.4. The molecule has 17 nitrogen and oxygen atoms in total. The Kier molecular flexibility index (Phi) is 16.9. The predicted molar refractivity (Wildman–Crippen MR) is 229 cm³/mol. The Morgan fingerprint density at radius 3 is 1.76 bits per heavy atom. The summed E-state index contributed by atoms with van der Waals surface area (Å²) in [5.74, 6) is -1.23. The fourth-order valence-electron chi connectivity index (χ4n) is 6.13. The normalized spacial score (nSPS) is 25.9. The molecule has 1 N–H and O–H groups in total. The average molecular weight is 889 g/mol. The maximum Gasteiger partial charge on any atom is 0.238 e. The number of carbonyl (C=O) groups excluding carboxylic acids is 1. The highest BCUT2D eigenvalue weighted by Gasteiger charge is 2.39. The summed E-state index contributed by atoms with van der Waals surface area (Å²) in [6.07, 6.45) is 4.47. The number of ether oxygens (including phenoxy) is 2. The van der Waals surface area contributed by atoms with Crippen molar-refractivity contribution in [2.45, 2.75) is 18.5 Å². The van der Waals surface area contributed by atoms with Crippen molar-refractivity contribution in [2.24, 2.45) is 58.0 Å². The average Bonchev–Trinajstić information content (AvgIpc) is 3.90. The van der Waals surface area contributed by atoms with E-state index in [-0.39, 0.29) is 70.8 Å². The molecule has 7 aliphatic rings. The molecule has 0 bridgehead atoms. The lowest BCUT2D eigenvalue weighted by Gasteiger charge is -2.38. The van der Waals surface area contributed by atoms with Gasteiger partial charge in [-0.15, -0.1) is 26.3 Å². The van der Waals surface area contributed by atoms with Gasteiger partial charge in [0, 0.05) is 85.2 Å². The van der Waals surface area contributed by atoms with E-state index in [9.17, 15) is 13.6 Å². The van der Waals surface area contributed by atoms with E-state index < -0.39 is 11.6 Å². The first kappa shape index (κ1) is 46.0. The number of fused-ring (bicyclic) bond motifs is 3. The number of hydrazone groups is 3. The Morgan fingerprint density at radius 1 is 0.724 bits per heavy atom. The summed E-state index contributed by atoms with van der Waals surface area (Å²) in [7, 11) is 6.95. The van der Waals surface area contributed by atoms with Crippen molar-refractivity contribution in [1.29, 1.82) is 0 Å². The third kappa shape index (κ3) is 10.9. The largest absolute Gasteiger partial charge is 0.491 e. The molecule has 1 aromatic carbocycles. The summed E-state index contributed by atoms with van der Waals surface area (Å²) >= 11 is 23.4. The second-order valence-electron chi connectivity index (χ2n) is 12.5. The highest BCUT2D eigenvalue weighted by Crippen LogP contribution is 2.31. The van der Waals surface area contributed by atoms with E-state index >= 15 is 0 Å². The van der Waals surface area contributed by atoms with E-state index in [1.807, 2.05) is 19.0 Å². The summed E-state index contributed by atoms with van der Waals surface area (Å²) in [5.41, 5.74) is -0.0511. The van der Waals surface area contributed by atoms with E-state index in [4.69, 9.17) is 55.9 Å². The van der Waals surface area contributed by atoms with Gasteiger partial charge in [-0.1, -0.05) is 23.2 Å². The van der Waals surface area contributed by atoms with Gasteiger partial charge in [0.15, 0.2) is 35.4 Å². The van der Waals surface area contributed by atoms with Crippen molar-refractivity contribution in [2.75, 3.05) is 72.5 Å². The van der Waals surface area contributed by atoms with E-state index in [2.05, 4.69) is 71.9 Å². The molecular weight excluding hydrogens is 844 g/mol. The molecule has 0 aliphatic carbocycles. The fourth-order valence-corrected chi connectivity index (χ4v) is 7.05. The quantitative estimate of drug-likeness (QED) is 0.260. The van der Waals surface area contributed by atoms with E-state index in [1.54, 1.807) is 45.6 Å². The highest BCUT2D eigenvalue weighted by molar-refractivity contribution is 6.73. The van der Waals surface area contributed by atoms with Gasteiger partial charge in [-0.3, -0.25) is 19.8 Å².